The van der Waals surface area contributed by atoms with Crippen LogP contribution >= 0.6 is 0 Å². The molecule has 1 heterocycles. The molecule has 6 nitrogen and oxygen atoms in total. The largest absolute Gasteiger partial charge is 0.435 e. The number of benzene rings is 1. The quantitative estimate of drug-likeness (QED) is 0.687. The van der Waals surface area contributed by atoms with Gasteiger partial charge in [-0.3, -0.25) is 9.59 Å². The van der Waals surface area contributed by atoms with E-state index in [4.69, 9.17) is 5.73 Å². The predicted molar refractivity (Wildman–Crippen MR) is 79.2 cm³/mol. The summed E-state index contributed by atoms with van der Waals surface area (Å²) in [6.45, 7) is -1.13. The third kappa shape index (κ3) is 5.48. The van der Waals surface area contributed by atoms with Gasteiger partial charge in [-0.05, 0) is 24.3 Å². The number of amides is 2. The van der Waals surface area contributed by atoms with Gasteiger partial charge < -0.3 is 20.7 Å². The van der Waals surface area contributed by atoms with E-state index in [2.05, 4.69) is 10.1 Å². The zero-order chi connectivity index (χ0) is 16.8. The molecule has 1 saturated heterocycles. The fourth-order valence-corrected chi connectivity index (χ4v) is 2.64. The van der Waals surface area contributed by atoms with E-state index in [1.54, 1.807) is 0 Å². The number of piperidine rings is 1. The first-order valence-corrected chi connectivity index (χ1v) is 7.41. The molecule has 0 aliphatic carbocycles. The number of alkyl halides is 2. The minimum Gasteiger partial charge on any atom is -0.435 e. The maximum Gasteiger partial charge on any atom is 0.387 e. The average Bonchev–Trinajstić information content (AvgIpc) is 2.49. The molecular formula is C15H20F2N3O3+. The number of likely N-dealkylation sites (tertiary alicyclic amines) is 1. The highest BCUT2D eigenvalue weighted by molar-refractivity contribution is 5.91. The predicted octanol–water partition coefficient (Wildman–Crippen LogP) is 0.00670. The number of ether oxygens (including phenoxy) is 1. The first kappa shape index (κ1) is 17.1. The van der Waals surface area contributed by atoms with Crippen LogP contribution in [0.15, 0.2) is 24.3 Å². The van der Waals surface area contributed by atoms with Crippen molar-refractivity contribution in [3.63, 3.8) is 0 Å². The molecule has 8 heteroatoms. The highest BCUT2D eigenvalue weighted by Crippen LogP contribution is 2.17. The lowest BCUT2D eigenvalue weighted by Gasteiger charge is -2.27. The lowest BCUT2D eigenvalue weighted by atomic mass is 9.96. The molecule has 23 heavy (non-hydrogen) atoms. The van der Waals surface area contributed by atoms with Crippen molar-refractivity contribution in [3.05, 3.63) is 24.3 Å². The van der Waals surface area contributed by atoms with Crippen LogP contribution < -0.4 is 20.7 Å². The van der Waals surface area contributed by atoms with Gasteiger partial charge in [-0.15, -0.1) is 0 Å². The molecule has 0 unspecified atom stereocenters. The van der Waals surface area contributed by atoms with Gasteiger partial charge in [0.25, 0.3) is 5.91 Å². The van der Waals surface area contributed by atoms with Crippen LogP contribution in [0.2, 0.25) is 0 Å². The van der Waals surface area contributed by atoms with Crippen molar-refractivity contribution in [1.82, 2.24) is 0 Å². The summed E-state index contributed by atoms with van der Waals surface area (Å²) in [5.41, 5.74) is 5.79. The molecule has 0 radical (unpaired) electrons. The average molecular weight is 328 g/mol. The number of halogens is 2. The van der Waals surface area contributed by atoms with Gasteiger partial charge in [0.1, 0.15) is 5.75 Å². The summed E-state index contributed by atoms with van der Waals surface area (Å²) in [6.07, 6.45) is 1.38. The first-order valence-electron chi connectivity index (χ1n) is 7.41. The highest BCUT2D eigenvalue weighted by atomic mass is 19.3. The van der Waals surface area contributed by atoms with E-state index < -0.39 is 6.61 Å². The Bertz CT molecular complexity index is 543. The Balaban J connectivity index is 1.78. The lowest BCUT2D eigenvalue weighted by molar-refractivity contribution is -0.897. The Morgan fingerprint density at radius 2 is 1.87 bits per heavy atom. The van der Waals surface area contributed by atoms with Crippen molar-refractivity contribution in [2.45, 2.75) is 19.5 Å². The Labute approximate surface area is 132 Å². The summed E-state index contributed by atoms with van der Waals surface area (Å²) in [6, 6.07) is 5.74. The van der Waals surface area contributed by atoms with E-state index in [0.717, 1.165) is 18.0 Å². The van der Waals surface area contributed by atoms with Gasteiger partial charge >= 0.3 is 6.61 Å². The van der Waals surface area contributed by atoms with Gasteiger partial charge in [-0.1, -0.05) is 0 Å². The summed E-state index contributed by atoms with van der Waals surface area (Å²) >= 11 is 0. The van der Waals surface area contributed by atoms with E-state index >= 15 is 0 Å². The van der Waals surface area contributed by atoms with Crippen molar-refractivity contribution in [1.29, 1.82) is 0 Å². The standard InChI is InChI=1S/C15H19F2N3O3/c16-15(17)23-12-3-1-11(2-4-12)19-13(21)9-20-7-5-10(6-8-20)14(18)22/h1-4,10,15H,5-9H2,(H2,18,22)(H,19,21)/p+1. The molecule has 0 saturated carbocycles. The minimum atomic E-state index is -2.87. The van der Waals surface area contributed by atoms with Gasteiger partial charge in [-0.25, -0.2) is 0 Å². The number of nitrogens with two attached hydrogens (primary N) is 1. The molecule has 2 rings (SSSR count). The van der Waals surface area contributed by atoms with Crippen molar-refractivity contribution in [3.8, 4) is 5.75 Å². The molecule has 0 aromatic heterocycles. The summed E-state index contributed by atoms with van der Waals surface area (Å²) in [5, 5.41) is 2.71. The molecule has 126 valence electrons. The van der Waals surface area contributed by atoms with Crippen molar-refractivity contribution >= 4 is 17.5 Å². The smallest absolute Gasteiger partial charge is 0.387 e. The van der Waals surface area contributed by atoms with Crippen LogP contribution in [-0.4, -0.2) is 38.1 Å². The van der Waals surface area contributed by atoms with Crippen LogP contribution in [-0.2, 0) is 9.59 Å². The van der Waals surface area contributed by atoms with Crippen LogP contribution in [0.4, 0.5) is 14.5 Å². The molecule has 0 spiro atoms. The molecule has 2 amide bonds. The Morgan fingerprint density at radius 3 is 2.39 bits per heavy atom. The van der Waals surface area contributed by atoms with Gasteiger partial charge in [0.2, 0.25) is 5.91 Å². The van der Waals surface area contributed by atoms with Crippen LogP contribution in [0, 0.1) is 5.92 Å². The topological polar surface area (TPSA) is 85.9 Å². The third-order valence-electron chi connectivity index (χ3n) is 3.87. The summed E-state index contributed by atoms with van der Waals surface area (Å²) in [5.74, 6) is -0.499. The van der Waals surface area contributed by atoms with Crippen LogP contribution in [0.25, 0.3) is 0 Å². The number of carbonyl (C=O) groups excluding carboxylic acids is 2. The van der Waals surface area contributed by atoms with Crippen LogP contribution in [0.3, 0.4) is 0 Å². The molecule has 1 aliphatic heterocycles. The maximum atomic E-state index is 12.0. The molecule has 4 N–H and O–H groups in total. The highest BCUT2D eigenvalue weighted by Gasteiger charge is 2.26. The first-order chi connectivity index (χ1) is 10.9. The molecule has 0 atom stereocenters. The second-order valence-electron chi connectivity index (χ2n) is 5.55. The van der Waals surface area contributed by atoms with Crippen LogP contribution in [0.1, 0.15) is 12.8 Å². The van der Waals surface area contributed by atoms with Crippen molar-refractivity contribution in [2.24, 2.45) is 11.7 Å². The van der Waals surface area contributed by atoms with Crippen molar-refractivity contribution < 1.29 is 28.0 Å². The van der Waals surface area contributed by atoms with Crippen molar-refractivity contribution in [2.75, 3.05) is 25.0 Å². The fraction of sp³-hybridized carbons (Fsp3) is 0.467. The second kappa shape index (κ2) is 7.87. The summed E-state index contributed by atoms with van der Waals surface area (Å²) in [7, 11) is 0. The number of rotatable bonds is 6. The summed E-state index contributed by atoms with van der Waals surface area (Å²) < 4.78 is 28.3. The van der Waals surface area contributed by atoms with Gasteiger partial charge in [-0.2, -0.15) is 8.78 Å². The molecule has 0 bridgehead atoms. The van der Waals surface area contributed by atoms with Gasteiger partial charge in [0.05, 0.1) is 13.1 Å². The SMILES string of the molecule is NC(=O)C1CC[NH+](CC(=O)Nc2ccc(OC(F)F)cc2)CC1. The zero-order valence-electron chi connectivity index (χ0n) is 12.6. The van der Waals surface area contributed by atoms with E-state index in [1.165, 1.54) is 24.3 Å². The number of nitrogens with one attached hydrogen (secondary N) is 2. The Kier molecular flexibility index (Phi) is 5.86. The van der Waals surface area contributed by atoms with Gasteiger partial charge in [0.15, 0.2) is 6.54 Å². The normalized spacial score (nSPS) is 21.0. The van der Waals surface area contributed by atoms with E-state index in [9.17, 15) is 18.4 Å². The number of hydrogen-bond acceptors (Lipinski definition) is 3. The number of anilines is 1. The second-order valence-corrected chi connectivity index (χ2v) is 5.55. The molecular weight excluding hydrogens is 308 g/mol. The Morgan fingerprint density at radius 1 is 1.26 bits per heavy atom. The lowest BCUT2D eigenvalue weighted by Crippen LogP contribution is -3.14. The minimum absolute atomic E-state index is 0.0390. The zero-order valence-corrected chi connectivity index (χ0v) is 12.6. The molecule has 1 aromatic rings. The fourth-order valence-electron chi connectivity index (χ4n) is 2.64. The number of primary amides is 1. The van der Waals surface area contributed by atoms with E-state index in [-0.39, 0.29) is 23.5 Å². The number of carbonyl (C=O) groups is 2. The number of quaternary nitrogens is 1. The van der Waals surface area contributed by atoms with E-state index in [0.29, 0.717) is 25.1 Å². The maximum absolute atomic E-state index is 12.0. The summed E-state index contributed by atoms with van der Waals surface area (Å²) in [4.78, 5) is 24.2. The number of hydrogen-bond donors (Lipinski definition) is 3. The monoisotopic (exact) mass is 328 g/mol. The molecule has 1 fully saturated rings. The molecule has 1 aromatic carbocycles. The third-order valence-corrected chi connectivity index (χ3v) is 3.87. The van der Waals surface area contributed by atoms with Crippen LogP contribution in [0.5, 0.6) is 5.75 Å². The molecule has 1 aliphatic rings. The van der Waals surface area contributed by atoms with E-state index in [1.807, 2.05) is 0 Å². The Hall–Kier alpha value is -2.22. The van der Waals surface area contributed by atoms with Gasteiger partial charge in [0, 0.05) is 24.4 Å².